The molecule has 1 aliphatic rings. The number of nitrogens with two attached hydrogens (primary N) is 1. The van der Waals surface area contributed by atoms with E-state index in [0.29, 0.717) is 18.1 Å². The van der Waals surface area contributed by atoms with Gasteiger partial charge in [-0.3, -0.25) is 4.79 Å². The van der Waals surface area contributed by atoms with Crippen molar-refractivity contribution in [2.24, 2.45) is 5.41 Å². The molecule has 3 N–H and O–H groups in total. The number of carbonyl (C=O) groups excluding carboxylic acids is 1. The Morgan fingerprint density at radius 2 is 2.33 bits per heavy atom. The van der Waals surface area contributed by atoms with Crippen LogP contribution in [-0.4, -0.2) is 30.6 Å². The smallest absolute Gasteiger partial charge is 0.226 e. The minimum absolute atomic E-state index is 0.00742. The first kappa shape index (κ1) is 13.3. The van der Waals surface area contributed by atoms with E-state index in [1.54, 1.807) is 0 Å². The SMILES string of the molecule is CC1(CNC(=O)Cc2csc(N)n2)CCOCC1. The summed E-state index contributed by atoms with van der Waals surface area (Å²) in [6, 6.07) is 0. The maximum atomic E-state index is 11.8. The largest absolute Gasteiger partial charge is 0.381 e. The van der Waals surface area contributed by atoms with Crippen molar-refractivity contribution in [3.05, 3.63) is 11.1 Å². The molecule has 6 heteroatoms. The van der Waals surface area contributed by atoms with Gasteiger partial charge in [0.2, 0.25) is 5.91 Å². The summed E-state index contributed by atoms with van der Waals surface area (Å²) in [6.07, 6.45) is 2.30. The van der Waals surface area contributed by atoms with E-state index in [0.717, 1.165) is 31.7 Å². The number of amides is 1. The number of nitrogens with zero attached hydrogens (tertiary/aromatic N) is 1. The lowest BCUT2D eigenvalue weighted by molar-refractivity contribution is -0.121. The molecule has 1 aromatic rings. The van der Waals surface area contributed by atoms with Crippen molar-refractivity contribution < 1.29 is 9.53 Å². The van der Waals surface area contributed by atoms with Crippen LogP contribution in [0.15, 0.2) is 5.38 Å². The first-order valence-corrected chi connectivity index (χ1v) is 7.00. The quantitative estimate of drug-likeness (QED) is 0.861. The molecule has 1 amide bonds. The van der Waals surface area contributed by atoms with E-state index in [1.807, 2.05) is 5.38 Å². The Balaban J connectivity index is 1.77. The molecular formula is C12H19N3O2S. The van der Waals surface area contributed by atoms with Crippen molar-refractivity contribution in [1.29, 1.82) is 0 Å². The number of aromatic nitrogens is 1. The minimum Gasteiger partial charge on any atom is -0.381 e. The number of thiazole rings is 1. The van der Waals surface area contributed by atoms with Crippen molar-refractivity contribution in [2.45, 2.75) is 26.2 Å². The van der Waals surface area contributed by atoms with Gasteiger partial charge in [0.05, 0.1) is 12.1 Å². The molecule has 18 heavy (non-hydrogen) atoms. The first-order chi connectivity index (χ1) is 8.57. The molecule has 0 saturated carbocycles. The van der Waals surface area contributed by atoms with Crippen LogP contribution in [0.2, 0.25) is 0 Å². The van der Waals surface area contributed by atoms with Gasteiger partial charge in [0, 0.05) is 25.1 Å². The van der Waals surface area contributed by atoms with Gasteiger partial charge < -0.3 is 15.8 Å². The molecular weight excluding hydrogens is 250 g/mol. The van der Waals surface area contributed by atoms with Gasteiger partial charge in [-0.05, 0) is 18.3 Å². The fraction of sp³-hybridized carbons (Fsp3) is 0.667. The summed E-state index contributed by atoms with van der Waals surface area (Å²) < 4.78 is 5.33. The van der Waals surface area contributed by atoms with Crippen LogP contribution in [-0.2, 0) is 16.0 Å². The fourth-order valence-corrected chi connectivity index (χ4v) is 2.55. The standard InChI is InChI=1S/C12H19N3O2S/c1-12(2-4-17-5-3-12)8-14-10(16)6-9-7-18-11(13)15-9/h7H,2-6,8H2,1H3,(H2,13,15)(H,14,16). The lowest BCUT2D eigenvalue weighted by Crippen LogP contribution is -2.39. The van der Waals surface area contributed by atoms with Crippen LogP contribution < -0.4 is 11.1 Å². The number of nitrogen functional groups attached to an aromatic ring is 1. The Bertz CT molecular complexity index is 413. The lowest BCUT2D eigenvalue weighted by Gasteiger charge is -2.33. The highest BCUT2D eigenvalue weighted by atomic mass is 32.1. The summed E-state index contributed by atoms with van der Waals surface area (Å²) >= 11 is 1.36. The predicted molar refractivity (Wildman–Crippen MR) is 71.4 cm³/mol. The van der Waals surface area contributed by atoms with Crippen molar-refractivity contribution >= 4 is 22.4 Å². The number of ether oxygens (including phenoxy) is 1. The summed E-state index contributed by atoms with van der Waals surface area (Å²) in [5.41, 5.74) is 6.43. The average molecular weight is 269 g/mol. The van der Waals surface area contributed by atoms with Crippen LogP contribution >= 0.6 is 11.3 Å². The van der Waals surface area contributed by atoms with Gasteiger partial charge in [-0.1, -0.05) is 6.92 Å². The van der Waals surface area contributed by atoms with Gasteiger partial charge in [-0.25, -0.2) is 4.98 Å². The topological polar surface area (TPSA) is 77.2 Å². The van der Waals surface area contributed by atoms with Gasteiger partial charge in [-0.15, -0.1) is 11.3 Å². The fourth-order valence-electron chi connectivity index (χ4n) is 1.98. The van der Waals surface area contributed by atoms with Crippen LogP contribution in [0, 0.1) is 5.41 Å². The zero-order chi connectivity index (χ0) is 13.0. The molecule has 0 spiro atoms. The number of nitrogens with one attached hydrogen (secondary N) is 1. The maximum Gasteiger partial charge on any atom is 0.226 e. The van der Waals surface area contributed by atoms with E-state index in [9.17, 15) is 4.79 Å². The van der Waals surface area contributed by atoms with Crippen LogP contribution in [0.25, 0.3) is 0 Å². The number of hydrogen-bond donors (Lipinski definition) is 2. The summed E-state index contributed by atoms with van der Waals surface area (Å²) in [7, 11) is 0. The van der Waals surface area contributed by atoms with Crippen LogP contribution in [0.3, 0.4) is 0 Å². The molecule has 5 nitrogen and oxygen atoms in total. The van der Waals surface area contributed by atoms with E-state index in [1.165, 1.54) is 11.3 Å². The highest BCUT2D eigenvalue weighted by Gasteiger charge is 2.27. The predicted octanol–water partition coefficient (Wildman–Crippen LogP) is 1.20. The number of anilines is 1. The molecule has 0 bridgehead atoms. The third-order valence-electron chi connectivity index (χ3n) is 3.32. The van der Waals surface area contributed by atoms with Gasteiger partial charge in [-0.2, -0.15) is 0 Å². The Morgan fingerprint density at radius 3 is 2.94 bits per heavy atom. The molecule has 0 aromatic carbocycles. The molecule has 2 rings (SSSR count). The van der Waals surface area contributed by atoms with Crippen molar-refractivity contribution in [1.82, 2.24) is 10.3 Å². The summed E-state index contributed by atoms with van der Waals surface area (Å²) in [5.74, 6) is 0.00742. The number of rotatable bonds is 4. The third kappa shape index (κ3) is 3.68. The molecule has 0 atom stereocenters. The zero-order valence-corrected chi connectivity index (χ0v) is 11.4. The second kappa shape index (κ2) is 5.67. The molecule has 2 heterocycles. The van der Waals surface area contributed by atoms with E-state index in [4.69, 9.17) is 10.5 Å². The summed E-state index contributed by atoms with van der Waals surface area (Å²) in [4.78, 5) is 15.9. The van der Waals surface area contributed by atoms with Gasteiger partial charge in [0.1, 0.15) is 0 Å². The highest BCUT2D eigenvalue weighted by Crippen LogP contribution is 2.28. The Morgan fingerprint density at radius 1 is 1.61 bits per heavy atom. The van der Waals surface area contributed by atoms with E-state index < -0.39 is 0 Å². The summed E-state index contributed by atoms with van der Waals surface area (Å²) in [6.45, 7) is 4.47. The minimum atomic E-state index is 0.00742. The molecule has 1 fully saturated rings. The number of carbonyl (C=O) groups is 1. The number of hydrogen-bond acceptors (Lipinski definition) is 5. The molecule has 0 aliphatic carbocycles. The molecule has 0 unspecified atom stereocenters. The van der Waals surface area contributed by atoms with E-state index >= 15 is 0 Å². The molecule has 1 saturated heterocycles. The lowest BCUT2D eigenvalue weighted by atomic mass is 9.82. The zero-order valence-electron chi connectivity index (χ0n) is 10.6. The second-order valence-corrected chi connectivity index (χ2v) is 5.94. The van der Waals surface area contributed by atoms with E-state index in [2.05, 4.69) is 17.2 Å². The Hall–Kier alpha value is -1.14. The average Bonchev–Trinajstić information content (AvgIpc) is 2.73. The van der Waals surface area contributed by atoms with Crippen molar-refractivity contribution in [2.75, 3.05) is 25.5 Å². The molecule has 100 valence electrons. The summed E-state index contributed by atoms with van der Waals surface area (Å²) in [5, 5.41) is 5.31. The van der Waals surface area contributed by atoms with Gasteiger partial charge in [0.25, 0.3) is 0 Å². The molecule has 1 aliphatic heterocycles. The second-order valence-electron chi connectivity index (χ2n) is 5.05. The van der Waals surface area contributed by atoms with Crippen LogP contribution in [0.5, 0.6) is 0 Å². The van der Waals surface area contributed by atoms with Crippen molar-refractivity contribution in [3.8, 4) is 0 Å². The van der Waals surface area contributed by atoms with E-state index in [-0.39, 0.29) is 11.3 Å². The van der Waals surface area contributed by atoms with Crippen LogP contribution in [0.1, 0.15) is 25.5 Å². The first-order valence-electron chi connectivity index (χ1n) is 6.12. The third-order valence-corrected chi connectivity index (χ3v) is 4.05. The van der Waals surface area contributed by atoms with Crippen LogP contribution in [0.4, 0.5) is 5.13 Å². The normalized spacial score (nSPS) is 18.5. The van der Waals surface area contributed by atoms with Crippen molar-refractivity contribution in [3.63, 3.8) is 0 Å². The van der Waals surface area contributed by atoms with Gasteiger partial charge in [0.15, 0.2) is 5.13 Å². The molecule has 1 aromatic heterocycles. The Labute approximate surface area is 111 Å². The monoisotopic (exact) mass is 269 g/mol. The molecule has 0 radical (unpaired) electrons. The Kier molecular flexibility index (Phi) is 4.19. The highest BCUT2D eigenvalue weighted by molar-refractivity contribution is 7.13. The van der Waals surface area contributed by atoms with Gasteiger partial charge >= 0.3 is 0 Å². The maximum absolute atomic E-state index is 11.8.